The second-order valence-electron chi connectivity index (χ2n) is 6.19. The van der Waals surface area contributed by atoms with Gasteiger partial charge in [0.1, 0.15) is 0 Å². The van der Waals surface area contributed by atoms with Crippen molar-refractivity contribution in [2.45, 2.75) is 51.5 Å². The normalized spacial score (nSPS) is 25.7. The van der Waals surface area contributed by atoms with Crippen LogP contribution in [0.15, 0.2) is 28.7 Å². The molecule has 4 nitrogen and oxygen atoms in total. The molecule has 2 rings (SSSR count). The lowest BCUT2D eigenvalue weighted by Crippen LogP contribution is -2.48. The van der Waals surface area contributed by atoms with Crippen LogP contribution in [0.2, 0.25) is 0 Å². The summed E-state index contributed by atoms with van der Waals surface area (Å²) < 4.78 is 0.973. The van der Waals surface area contributed by atoms with Gasteiger partial charge < -0.3 is 10.4 Å². The number of hydrogen-bond donors (Lipinski definition) is 2. The molecule has 0 bridgehead atoms. The Hall–Kier alpha value is -1.36. The van der Waals surface area contributed by atoms with Crippen LogP contribution in [0.25, 0.3) is 0 Å². The molecule has 0 radical (unpaired) electrons. The predicted molar refractivity (Wildman–Crippen MR) is 88.7 cm³/mol. The maximum Gasteiger partial charge on any atom is 0.311 e. The molecule has 1 aliphatic rings. The van der Waals surface area contributed by atoms with Crippen molar-refractivity contribution in [2.75, 3.05) is 0 Å². The third-order valence-electron chi connectivity index (χ3n) is 4.76. The Kier molecular flexibility index (Phi) is 5.27. The second-order valence-corrected chi connectivity index (χ2v) is 7.10. The van der Waals surface area contributed by atoms with E-state index in [2.05, 4.69) is 21.2 Å². The molecule has 2 N–H and O–H groups in total. The van der Waals surface area contributed by atoms with Crippen LogP contribution >= 0.6 is 15.9 Å². The van der Waals surface area contributed by atoms with Gasteiger partial charge in [-0.3, -0.25) is 9.59 Å². The van der Waals surface area contributed by atoms with Crippen LogP contribution < -0.4 is 5.32 Å². The number of halogens is 1. The van der Waals surface area contributed by atoms with Crippen molar-refractivity contribution in [3.8, 4) is 0 Å². The standard InChI is InChI=1S/C17H22BrNO3/c1-3-13(11-6-8-12(18)9-7-11)15(20)19-14-5-4-10-17(14,2)16(21)22/h6-9,13-14H,3-5,10H2,1-2H3,(H,19,20)(H,21,22). The molecule has 0 spiro atoms. The molecule has 0 aromatic heterocycles. The van der Waals surface area contributed by atoms with Crippen LogP contribution in [-0.2, 0) is 9.59 Å². The molecular weight excluding hydrogens is 346 g/mol. The minimum absolute atomic E-state index is 0.0794. The largest absolute Gasteiger partial charge is 0.481 e. The minimum atomic E-state index is -0.854. The number of amides is 1. The monoisotopic (exact) mass is 367 g/mol. The molecule has 5 heteroatoms. The number of carbonyl (C=O) groups is 2. The highest BCUT2D eigenvalue weighted by molar-refractivity contribution is 9.10. The third kappa shape index (κ3) is 3.35. The Morgan fingerprint density at radius 2 is 2.05 bits per heavy atom. The van der Waals surface area contributed by atoms with Gasteiger partial charge >= 0.3 is 5.97 Å². The fraction of sp³-hybridized carbons (Fsp3) is 0.529. The Balaban J connectivity index is 2.13. The van der Waals surface area contributed by atoms with Crippen molar-refractivity contribution >= 4 is 27.8 Å². The molecule has 3 atom stereocenters. The van der Waals surface area contributed by atoms with E-state index in [1.165, 1.54) is 0 Å². The van der Waals surface area contributed by atoms with E-state index in [-0.39, 0.29) is 17.9 Å². The SMILES string of the molecule is CCC(C(=O)NC1CCCC1(C)C(=O)O)c1ccc(Br)cc1. The molecule has 1 aliphatic carbocycles. The van der Waals surface area contributed by atoms with E-state index in [4.69, 9.17) is 0 Å². The van der Waals surface area contributed by atoms with E-state index in [1.54, 1.807) is 6.92 Å². The Morgan fingerprint density at radius 1 is 1.41 bits per heavy atom. The predicted octanol–water partition coefficient (Wildman–Crippen LogP) is 3.70. The number of benzene rings is 1. The highest BCUT2D eigenvalue weighted by Crippen LogP contribution is 2.38. The van der Waals surface area contributed by atoms with Crippen LogP contribution in [0.3, 0.4) is 0 Å². The molecule has 3 unspecified atom stereocenters. The van der Waals surface area contributed by atoms with Gasteiger partial charge in [-0.15, -0.1) is 0 Å². The zero-order valence-electron chi connectivity index (χ0n) is 12.9. The molecule has 1 fully saturated rings. The molecule has 1 amide bonds. The lowest BCUT2D eigenvalue weighted by molar-refractivity contribution is -0.149. The molecule has 0 aliphatic heterocycles. The smallest absolute Gasteiger partial charge is 0.311 e. The van der Waals surface area contributed by atoms with Gasteiger partial charge in [0.05, 0.1) is 11.3 Å². The Morgan fingerprint density at radius 3 is 2.59 bits per heavy atom. The van der Waals surface area contributed by atoms with Crippen LogP contribution in [0.5, 0.6) is 0 Å². The van der Waals surface area contributed by atoms with E-state index in [9.17, 15) is 14.7 Å². The van der Waals surface area contributed by atoms with Gasteiger partial charge in [-0.2, -0.15) is 0 Å². The summed E-state index contributed by atoms with van der Waals surface area (Å²) in [6, 6.07) is 7.41. The molecule has 1 aromatic carbocycles. The maximum atomic E-state index is 12.6. The first-order valence-corrected chi connectivity index (χ1v) is 8.47. The first-order valence-electron chi connectivity index (χ1n) is 7.67. The van der Waals surface area contributed by atoms with Gasteiger partial charge in [0.15, 0.2) is 0 Å². The van der Waals surface area contributed by atoms with Crippen LogP contribution in [0.4, 0.5) is 0 Å². The number of carbonyl (C=O) groups excluding carboxylic acids is 1. The summed E-state index contributed by atoms with van der Waals surface area (Å²) in [5, 5.41) is 12.4. The topological polar surface area (TPSA) is 66.4 Å². The Labute approximate surface area is 139 Å². The van der Waals surface area contributed by atoms with Gasteiger partial charge in [0.25, 0.3) is 0 Å². The van der Waals surface area contributed by atoms with Gasteiger partial charge in [-0.25, -0.2) is 0 Å². The lowest BCUT2D eigenvalue weighted by Gasteiger charge is -2.29. The maximum absolute atomic E-state index is 12.6. The van der Waals surface area contributed by atoms with Gasteiger partial charge in [0.2, 0.25) is 5.91 Å². The van der Waals surface area contributed by atoms with Crippen molar-refractivity contribution in [3.63, 3.8) is 0 Å². The van der Waals surface area contributed by atoms with Crippen molar-refractivity contribution in [2.24, 2.45) is 5.41 Å². The van der Waals surface area contributed by atoms with Crippen molar-refractivity contribution in [1.82, 2.24) is 5.32 Å². The molecular formula is C17H22BrNO3. The minimum Gasteiger partial charge on any atom is -0.481 e. The van der Waals surface area contributed by atoms with E-state index in [1.807, 2.05) is 31.2 Å². The van der Waals surface area contributed by atoms with E-state index in [0.717, 1.165) is 22.9 Å². The van der Waals surface area contributed by atoms with Gasteiger partial charge in [-0.1, -0.05) is 41.4 Å². The average Bonchev–Trinajstić information content (AvgIpc) is 2.84. The third-order valence-corrected chi connectivity index (χ3v) is 5.29. The van der Waals surface area contributed by atoms with Crippen molar-refractivity contribution in [1.29, 1.82) is 0 Å². The molecule has 1 saturated carbocycles. The molecule has 0 heterocycles. The average molecular weight is 368 g/mol. The molecule has 120 valence electrons. The summed E-state index contributed by atoms with van der Waals surface area (Å²) in [6.45, 7) is 3.70. The summed E-state index contributed by atoms with van der Waals surface area (Å²) in [4.78, 5) is 24.1. The van der Waals surface area contributed by atoms with E-state index in [0.29, 0.717) is 12.8 Å². The number of rotatable bonds is 5. The number of hydrogen-bond acceptors (Lipinski definition) is 2. The van der Waals surface area contributed by atoms with Crippen LogP contribution in [-0.4, -0.2) is 23.0 Å². The summed E-state index contributed by atoms with van der Waals surface area (Å²) in [5.41, 5.74) is 0.103. The zero-order chi connectivity index (χ0) is 16.3. The first kappa shape index (κ1) is 17.0. The number of nitrogens with one attached hydrogen (secondary N) is 1. The summed E-state index contributed by atoms with van der Waals surface area (Å²) >= 11 is 3.39. The summed E-state index contributed by atoms with van der Waals surface area (Å²) in [7, 11) is 0. The summed E-state index contributed by atoms with van der Waals surface area (Å²) in [5.74, 6) is -1.15. The van der Waals surface area contributed by atoms with E-state index < -0.39 is 11.4 Å². The fourth-order valence-corrected chi connectivity index (χ4v) is 3.46. The Bertz CT molecular complexity index is 558. The van der Waals surface area contributed by atoms with Gasteiger partial charge in [0, 0.05) is 10.5 Å². The zero-order valence-corrected chi connectivity index (χ0v) is 14.5. The fourth-order valence-electron chi connectivity index (χ4n) is 3.19. The molecule has 1 aromatic rings. The molecule has 22 heavy (non-hydrogen) atoms. The van der Waals surface area contributed by atoms with E-state index >= 15 is 0 Å². The van der Waals surface area contributed by atoms with Crippen molar-refractivity contribution < 1.29 is 14.7 Å². The quantitative estimate of drug-likeness (QED) is 0.833. The van der Waals surface area contributed by atoms with Crippen LogP contribution in [0, 0.1) is 5.41 Å². The van der Waals surface area contributed by atoms with Crippen LogP contribution in [0.1, 0.15) is 51.0 Å². The number of carboxylic acid groups (broad SMARTS) is 1. The molecule has 0 saturated heterocycles. The second kappa shape index (κ2) is 6.82. The van der Waals surface area contributed by atoms with Crippen molar-refractivity contribution in [3.05, 3.63) is 34.3 Å². The van der Waals surface area contributed by atoms with Gasteiger partial charge in [-0.05, 0) is 43.9 Å². The number of aliphatic carboxylic acids is 1. The number of carboxylic acids is 1. The highest BCUT2D eigenvalue weighted by Gasteiger charge is 2.46. The first-order chi connectivity index (χ1) is 10.4. The lowest BCUT2D eigenvalue weighted by atomic mass is 9.84. The summed E-state index contributed by atoms with van der Waals surface area (Å²) in [6.07, 6.45) is 2.86. The highest BCUT2D eigenvalue weighted by atomic mass is 79.9.